The molecule has 0 unspecified atom stereocenters. The first-order chi connectivity index (χ1) is 15.3. The number of carbonyl (C=O) groups excluding carboxylic acids is 1. The molecule has 2 aromatic heterocycles. The average molecular weight is 468 g/mol. The number of aryl methyl sites for hydroxylation is 2. The van der Waals surface area contributed by atoms with Crippen molar-refractivity contribution in [2.24, 2.45) is 12.1 Å². The second-order valence-electron chi connectivity index (χ2n) is 7.26. The van der Waals surface area contributed by atoms with Crippen molar-refractivity contribution in [3.05, 3.63) is 91.6 Å². The summed E-state index contributed by atoms with van der Waals surface area (Å²) in [5.41, 5.74) is 5.73. The molecule has 0 atom stereocenters. The van der Waals surface area contributed by atoms with Crippen LogP contribution in [-0.2, 0) is 7.05 Å². The Morgan fingerprint density at radius 1 is 1.09 bits per heavy atom. The Hall–Kier alpha value is -3.42. The molecule has 1 amide bonds. The fourth-order valence-corrected chi connectivity index (χ4v) is 4.02. The Balaban J connectivity index is 1.63. The van der Waals surface area contributed by atoms with Gasteiger partial charge >= 0.3 is 0 Å². The van der Waals surface area contributed by atoms with Crippen LogP contribution in [0.3, 0.4) is 0 Å². The molecule has 32 heavy (non-hydrogen) atoms. The summed E-state index contributed by atoms with van der Waals surface area (Å²) < 4.78 is 3.11. The molecular weight excluding hydrogens is 449 g/mol. The molecule has 0 aliphatic carbocycles. The number of nitrogens with one attached hydrogen (secondary N) is 1. The lowest BCUT2D eigenvalue weighted by molar-refractivity contribution is 0.0950. The molecule has 0 bridgehead atoms. The SMILES string of the molecule is Cc1cc(/C=N/NC(=O)c2nn(C)c(=O)c3ccccc23)c(C)n1-c1cccc(Cl)c1Cl. The highest BCUT2D eigenvalue weighted by atomic mass is 35.5. The minimum Gasteiger partial charge on any atom is -0.316 e. The van der Waals surface area contributed by atoms with Crippen molar-refractivity contribution in [2.45, 2.75) is 13.8 Å². The van der Waals surface area contributed by atoms with E-state index in [2.05, 4.69) is 15.6 Å². The maximum absolute atomic E-state index is 12.7. The van der Waals surface area contributed by atoms with E-state index in [4.69, 9.17) is 23.2 Å². The van der Waals surface area contributed by atoms with Crippen LogP contribution in [0.4, 0.5) is 0 Å². The maximum atomic E-state index is 12.7. The van der Waals surface area contributed by atoms with Crippen molar-refractivity contribution in [3.8, 4) is 5.69 Å². The number of rotatable bonds is 4. The third kappa shape index (κ3) is 3.81. The van der Waals surface area contributed by atoms with E-state index >= 15 is 0 Å². The Morgan fingerprint density at radius 3 is 2.56 bits per heavy atom. The van der Waals surface area contributed by atoms with E-state index in [0.29, 0.717) is 20.8 Å². The lowest BCUT2D eigenvalue weighted by Crippen LogP contribution is -2.27. The fraction of sp³-hybridized carbons (Fsp3) is 0.130. The van der Waals surface area contributed by atoms with Gasteiger partial charge in [0.25, 0.3) is 11.5 Å². The zero-order valence-electron chi connectivity index (χ0n) is 17.6. The molecule has 162 valence electrons. The van der Waals surface area contributed by atoms with Crippen LogP contribution in [0.5, 0.6) is 0 Å². The highest BCUT2D eigenvalue weighted by Gasteiger charge is 2.16. The predicted molar refractivity (Wildman–Crippen MR) is 127 cm³/mol. The average Bonchev–Trinajstić information content (AvgIpc) is 3.05. The molecule has 2 aromatic carbocycles. The first kappa shape index (κ1) is 21.8. The van der Waals surface area contributed by atoms with Crippen LogP contribution in [-0.4, -0.2) is 26.5 Å². The van der Waals surface area contributed by atoms with E-state index in [1.165, 1.54) is 7.05 Å². The summed E-state index contributed by atoms with van der Waals surface area (Å²) in [6, 6.07) is 14.2. The molecule has 9 heteroatoms. The minimum absolute atomic E-state index is 0.121. The van der Waals surface area contributed by atoms with Gasteiger partial charge in [-0.15, -0.1) is 0 Å². The van der Waals surface area contributed by atoms with Gasteiger partial charge in [-0.05, 0) is 38.1 Å². The number of hydrogen-bond acceptors (Lipinski definition) is 4. The first-order valence-electron chi connectivity index (χ1n) is 9.72. The summed E-state index contributed by atoms with van der Waals surface area (Å²) in [7, 11) is 1.50. The van der Waals surface area contributed by atoms with E-state index in [9.17, 15) is 9.59 Å². The van der Waals surface area contributed by atoms with Crippen LogP contribution < -0.4 is 11.0 Å². The molecule has 0 radical (unpaired) electrons. The van der Waals surface area contributed by atoms with E-state index in [0.717, 1.165) is 27.3 Å². The van der Waals surface area contributed by atoms with Crippen molar-refractivity contribution in [2.75, 3.05) is 0 Å². The van der Waals surface area contributed by atoms with Gasteiger partial charge in [0.2, 0.25) is 0 Å². The number of nitrogens with zero attached hydrogens (tertiary/aromatic N) is 4. The third-order valence-electron chi connectivity index (χ3n) is 5.18. The molecule has 4 rings (SSSR count). The van der Waals surface area contributed by atoms with E-state index < -0.39 is 5.91 Å². The Labute approximate surface area is 193 Å². The van der Waals surface area contributed by atoms with Crippen LogP contribution in [0.1, 0.15) is 27.4 Å². The van der Waals surface area contributed by atoms with Crippen LogP contribution in [0.2, 0.25) is 10.0 Å². The molecule has 4 aromatic rings. The molecule has 2 heterocycles. The smallest absolute Gasteiger partial charge is 0.292 e. The predicted octanol–water partition coefficient (Wildman–Crippen LogP) is 4.41. The number of hydrogen-bond donors (Lipinski definition) is 1. The molecule has 7 nitrogen and oxygen atoms in total. The number of fused-ring (bicyclic) bond motifs is 1. The zero-order valence-corrected chi connectivity index (χ0v) is 19.1. The molecule has 0 fully saturated rings. The van der Waals surface area contributed by atoms with Crippen LogP contribution in [0.25, 0.3) is 16.5 Å². The monoisotopic (exact) mass is 467 g/mol. The van der Waals surface area contributed by atoms with Gasteiger partial charge < -0.3 is 4.57 Å². The Bertz CT molecular complexity index is 1450. The summed E-state index contributed by atoms with van der Waals surface area (Å²) in [6.45, 7) is 3.87. The molecular formula is C23H19Cl2N5O2. The summed E-state index contributed by atoms with van der Waals surface area (Å²) in [5.74, 6) is -0.514. The number of amides is 1. The van der Waals surface area contributed by atoms with Crippen LogP contribution in [0, 0.1) is 13.8 Å². The second kappa shape index (κ2) is 8.61. The van der Waals surface area contributed by atoms with Gasteiger partial charge in [-0.2, -0.15) is 10.2 Å². The first-order valence-corrected chi connectivity index (χ1v) is 10.5. The van der Waals surface area contributed by atoms with Crippen molar-refractivity contribution in [1.82, 2.24) is 19.8 Å². The van der Waals surface area contributed by atoms with Gasteiger partial charge in [0.1, 0.15) is 0 Å². The number of halogens is 2. The molecule has 0 aliphatic rings. The van der Waals surface area contributed by atoms with Crippen molar-refractivity contribution < 1.29 is 4.79 Å². The van der Waals surface area contributed by atoms with E-state index in [-0.39, 0.29) is 11.3 Å². The highest BCUT2D eigenvalue weighted by molar-refractivity contribution is 6.43. The lowest BCUT2D eigenvalue weighted by atomic mass is 10.1. The highest BCUT2D eigenvalue weighted by Crippen LogP contribution is 2.31. The summed E-state index contributed by atoms with van der Waals surface area (Å²) in [4.78, 5) is 25.0. The number of aromatic nitrogens is 3. The molecule has 1 N–H and O–H groups in total. The standard InChI is InChI=1S/C23H19Cl2N5O2/c1-13-11-15(14(2)30(13)19-10-6-9-18(24)20(19)25)12-26-27-22(31)21-16-7-4-5-8-17(16)23(32)29(3)28-21/h4-12H,1-3H3,(H,27,31)/b26-12+. The zero-order chi connectivity index (χ0) is 23.0. The van der Waals surface area contributed by atoms with Crippen molar-refractivity contribution in [1.29, 1.82) is 0 Å². The normalized spacial score (nSPS) is 11.4. The van der Waals surface area contributed by atoms with Crippen molar-refractivity contribution in [3.63, 3.8) is 0 Å². The Kier molecular flexibility index (Phi) is 5.86. The Morgan fingerprint density at radius 2 is 1.81 bits per heavy atom. The quantitative estimate of drug-likeness (QED) is 0.356. The summed E-state index contributed by atoms with van der Waals surface area (Å²) in [6.07, 6.45) is 1.55. The molecule has 0 saturated carbocycles. The van der Waals surface area contributed by atoms with Crippen molar-refractivity contribution >= 4 is 46.1 Å². The topological polar surface area (TPSA) is 81.3 Å². The number of hydrazone groups is 1. The largest absolute Gasteiger partial charge is 0.316 e. The van der Waals surface area contributed by atoms with Crippen LogP contribution >= 0.6 is 23.2 Å². The van der Waals surface area contributed by atoms with E-state index in [1.807, 2.05) is 36.6 Å². The minimum atomic E-state index is -0.514. The lowest BCUT2D eigenvalue weighted by Gasteiger charge is -2.12. The number of carbonyl (C=O) groups is 1. The number of benzene rings is 2. The van der Waals surface area contributed by atoms with Crippen LogP contribution in [0.15, 0.2) is 58.4 Å². The van der Waals surface area contributed by atoms with Gasteiger partial charge in [-0.3, -0.25) is 9.59 Å². The molecule has 0 aliphatic heterocycles. The van der Waals surface area contributed by atoms with Gasteiger partial charge in [0.15, 0.2) is 5.69 Å². The summed E-state index contributed by atoms with van der Waals surface area (Å²) >= 11 is 12.6. The van der Waals surface area contributed by atoms with Gasteiger partial charge in [-0.25, -0.2) is 10.1 Å². The fourth-order valence-electron chi connectivity index (χ4n) is 3.63. The van der Waals surface area contributed by atoms with E-state index in [1.54, 1.807) is 36.5 Å². The van der Waals surface area contributed by atoms with Gasteiger partial charge in [0, 0.05) is 29.4 Å². The second-order valence-corrected chi connectivity index (χ2v) is 8.04. The van der Waals surface area contributed by atoms with Gasteiger partial charge in [-0.1, -0.05) is 47.5 Å². The summed E-state index contributed by atoms with van der Waals surface area (Å²) in [5, 5.41) is 10.0. The molecule has 0 saturated heterocycles. The molecule has 0 spiro atoms. The van der Waals surface area contributed by atoms with Gasteiger partial charge in [0.05, 0.1) is 27.3 Å². The maximum Gasteiger partial charge on any atom is 0.292 e. The third-order valence-corrected chi connectivity index (χ3v) is 5.99.